The predicted octanol–water partition coefficient (Wildman–Crippen LogP) is 1.53. The summed E-state index contributed by atoms with van der Waals surface area (Å²) in [5.74, 6) is 1.28. The van der Waals surface area contributed by atoms with E-state index in [9.17, 15) is 5.11 Å². The third-order valence-electron chi connectivity index (χ3n) is 2.91. The molecule has 0 spiro atoms. The maximum Gasteiger partial charge on any atom is 0.240 e. The highest BCUT2D eigenvalue weighted by Gasteiger charge is 2.17. The topological polar surface area (TPSA) is 94.4 Å². The van der Waals surface area contributed by atoms with E-state index in [1.54, 1.807) is 6.07 Å². The first-order chi connectivity index (χ1) is 8.58. The Morgan fingerprint density at radius 2 is 2.11 bits per heavy atom. The van der Waals surface area contributed by atoms with Gasteiger partial charge in [0.05, 0.1) is 13.7 Å². The van der Waals surface area contributed by atoms with Gasteiger partial charge in [-0.25, -0.2) is 0 Å². The standard InChI is InChI=1S/C12H15N3O3/c1-6-7(2)11(17-3)9(16)4-8(6)12-14-10(5-13)18-15-12/h4,16H,5,13H2,1-3H3. The highest BCUT2D eigenvalue weighted by Crippen LogP contribution is 2.37. The van der Waals surface area contributed by atoms with Gasteiger partial charge in [0.15, 0.2) is 11.5 Å². The van der Waals surface area contributed by atoms with Gasteiger partial charge in [0, 0.05) is 5.56 Å². The summed E-state index contributed by atoms with van der Waals surface area (Å²) in [5.41, 5.74) is 7.89. The fourth-order valence-corrected chi connectivity index (χ4v) is 1.81. The van der Waals surface area contributed by atoms with Crippen LogP contribution in [0, 0.1) is 13.8 Å². The number of benzene rings is 1. The molecule has 18 heavy (non-hydrogen) atoms. The van der Waals surface area contributed by atoms with Gasteiger partial charge in [-0.1, -0.05) is 5.16 Å². The van der Waals surface area contributed by atoms with Crippen LogP contribution in [-0.2, 0) is 6.54 Å². The van der Waals surface area contributed by atoms with Crippen molar-refractivity contribution < 1.29 is 14.4 Å². The lowest BCUT2D eigenvalue weighted by molar-refractivity contribution is 0.370. The van der Waals surface area contributed by atoms with Crippen molar-refractivity contribution in [2.24, 2.45) is 5.73 Å². The van der Waals surface area contributed by atoms with E-state index in [2.05, 4.69) is 10.1 Å². The van der Waals surface area contributed by atoms with Crippen LogP contribution in [0.5, 0.6) is 11.5 Å². The van der Waals surface area contributed by atoms with Gasteiger partial charge in [-0.05, 0) is 31.0 Å². The number of methoxy groups -OCH3 is 1. The molecular weight excluding hydrogens is 234 g/mol. The Bertz CT molecular complexity index is 578. The molecule has 6 heteroatoms. The van der Waals surface area contributed by atoms with Crippen molar-refractivity contribution in [1.82, 2.24) is 10.1 Å². The molecule has 0 aliphatic rings. The number of phenolic OH excluding ortho intramolecular Hbond substituents is 1. The second-order valence-corrected chi connectivity index (χ2v) is 3.94. The van der Waals surface area contributed by atoms with Gasteiger partial charge < -0.3 is 20.1 Å². The molecule has 0 amide bonds. The van der Waals surface area contributed by atoms with Gasteiger partial charge in [-0.3, -0.25) is 0 Å². The summed E-state index contributed by atoms with van der Waals surface area (Å²) < 4.78 is 10.1. The molecule has 0 aliphatic heterocycles. The average molecular weight is 249 g/mol. The Hall–Kier alpha value is -2.08. The minimum absolute atomic E-state index is 0.0506. The lowest BCUT2D eigenvalue weighted by Gasteiger charge is -2.12. The van der Waals surface area contributed by atoms with E-state index < -0.39 is 0 Å². The molecule has 2 rings (SSSR count). The van der Waals surface area contributed by atoms with Crippen LogP contribution in [-0.4, -0.2) is 22.4 Å². The Kier molecular flexibility index (Phi) is 3.20. The number of rotatable bonds is 3. The third-order valence-corrected chi connectivity index (χ3v) is 2.91. The number of ether oxygens (including phenoxy) is 1. The van der Waals surface area contributed by atoms with Crippen molar-refractivity contribution in [3.8, 4) is 22.9 Å². The van der Waals surface area contributed by atoms with Gasteiger partial charge in [-0.15, -0.1) is 0 Å². The SMILES string of the molecule is COc1c(O)cc(-c2noc(CN)n2)c(C)c1C. The van der Waals surface area contributed by atoms with E-state index in [-0.39, 0.29) is 12.3 Å². The highest BCUT2D eigenvalue weighted by molar-refractivity contribution is 5.68. The zero-order valence-corrected chi connectivity index (χ0v) is 10.5. The summed E-state index contributed by atoms with van der Waals surface area (Å²) in [6.07, 6.45) is 0. The number of hydrogen-bond acceptors (Lipinski definition) is 6. The third kappa shape index (κ3) is 1.91. The van der Waals surface area contributed by atoms with Crippen LogP contribution >= 0.6 is 0 Å². The molecule has 96 valence electrons. The number of nitrogens with two attached hydrogens (primary N) is 1. The minimum atomic E-state index is 0.0506. The Morgan fingerprint density at radius 1 is 1.39 bits per heavy atom. The first-order valence-electron chi connectivity index (χ1n) is 5.48. The van der Waals surface area contributed by atoms with Gasteiger partial charge >= 0.3 is 0 Å². The maximum atomic E-state index is 9.89. The fourth-order valence-electron chi connectivity index (χ4n) is 1.81. The first-order valence-corrected chi connectivity index (χ1v) is 5.48. The summed E-state index contributed by atoms with van der Waals surface area (Å²) >= 11 is 0. The normalized spacial score (nSPS) is 10.7. The Labute approximate surface area is 104 Å². The molecule has 0 saturated heterocycles. The average Bonchev–Trinajstić information content (AvgIpc) is 2.83. The van der Waals surface area contributed by atoms with Crippen molar-refractivity contribution in [1.29, 1.82) is 0 Å². The largest absolute Gasteiger partial charge is 0.504 e. The van der Waals surface area contributed by atoms with Gasteiger partial charge in [0.25, 0.3) is 0 Å². The van der Waals surface area contributed by atoms with Gasteiger partial charge in [-0.2, -0.15) is 4.98 Å². The van der Waals surface area contributed by atoms with Crippen LogP contribution in [0.4, 0.5) is 0 Å². The quantitative estimate of drug-likeness (QED) is 0.856. The van der Waals surface area contributed by atoms with Crippen LogP contribution < -0.4 is 10.5 Å². The number of nitrogens with zero attached hydrogens (tertiary/aromatic N) is 2. The maximum absolute atomic E-state index is 9.89. The van der Waals surface area contributed by atoms with E-state index in [0.717, 1.165) is 11.1 Å². The predicted molar refractivity (Wildman–Crippen MR) is 65.3 cm³/mol. The van der Waals surface area contributed by atoms with E-state index in [4.69, 9.17) is 15.0 Å². The molecule has 0 unspecified atom stereocenters. The van der Waals surface area contributed by atoms with E-state index >= 15 is 0 Å². The minimum Gasteiger partial charge on any atom is -0.504 e. The summed E-state index contributed by atoms with van der Waals surface area (Å²) in [5, 5.41) is 13.7. The van der Waals surface area contributed by atoms with Crippen molar-refractivity contribution in [2.45, 2.75) is 20.4 Å². The van der Waals surface area contributed by atoms with Crippen molar-refractivity contribution in [3.63, 3.8) is 0 Å². The molecule has 1 heterocycles. The van der Waals surface area contributed by atoms with Crippen LogP contribution in [0.3, 0.4) is 0 Å². The van der Waals surface area contributed by atoms with Crippen molar-refractivity contribution in [3.05, 3.63) is 23.1 Å². The lowest BCUT2D eigenvalue weighted by Crippen LogP contribution is -1.97. The molecule has 0 aliphatic carbocycles. The molecule has 0 saturated carbocycles. The summed E-state index contributed by atoms with van der Waals surface area (Å²) in [6.45, 7) is 3.96. The summed E-state index contributed by atoms with van der Waals surface area (Å²) in [7, 11) is 1.52. The van der Waals surface area contributed by atoms with Crippen LogP contribution in [0.25, 0.3) is 11.4 Å². The molecule has 0 fully saturated rings. The van der Waals surface area contributed by atoms with Crippen molar-refractivity contribution >= 4 is 0 Å². The molecule has 1 aromatic carbocycles. The van der Waals surface area contributed by atoms with Crippen LogP contribution in [0.15, 0.2) is 10.6 Å². The first kappa shape index (κ1) is 12.4. The van der Waals surface area contributed by atoms with E-state index in [1.807, 2.05) is 13.8 Å². The Morgan fingerprint density at radius 3 is 2.67 bits per heavy atom. The van der Waals surface area contributed by atoms with Crippen LogP contribution in [0.1, 0.15) is 17.0 Å². The molecule has 0 bridgehead atoms. The molecule has 2 aromatic rings. The monoisotopic (exact) mass is 249 g/mol. The van der Waals surface area contributed by atoms with Crippen LogP contribution in [0.2, 0.25) is 0 Å². The molecule has 6 nitrogen and oxygen atoms in total. The van der Waals surface area contributed by atoms with Gasteiger partial charge in [0.1, 0.15) is 0 Å². The second kappa shape index (κ2) is 4.66. The molecular formula is C12H15N3O3. The zero-order chi connectivity index (χ0) is 13.3. The molecule has 1 aromatic heterocycles. The smallest absolute Gasteiger partial charge is 0.240 e. The summed E-state index contributed by atoms with van der Waals surface area (Å²) in [4.78, 5) is 4.14. The number of aromatic hydroxyl groups is 1. The highest BCUT2D eigenvalue weighted by atomic mass is 16.5. The number of hydrogen-bond donors (Lipinski definition) is 2. The number of phenols is 1. The Balaban J connectivity index is 2.58. The van der Waals surface area contributed by atoms with E-state index in [0.29, 0.717) is 23.0 Å². The molecule has 3 N–H and O–H groups in total. The molecule has 0 radical (unpaired) electrons. The zero-order valence-electron chi connectivity index (χ0n) is 10.5. The summed E-state index contributed by atoms with van der Waals surface area (Å²) in [6, 6.07) is 1.56. The van der Waals surface area contributed by atoms with E-state index in [1.165, 1.54) is 7.11 Å². The van der Waals surface area contributed by atoms with Gasteiger partial charge in [0.2, 0.25) is 11.7 Å². The molecule has 0 atom stereocenters. The fraction of sp³-hybridized carbons (Fsp3) is 0.333. The second-order valence-electron chi connectivity index (χ2n) is 3.94. The number of aromatic nitrogens is 2. The lowest BCUT2D eigenvalue weighted by atomic mass is 10.0. The van der Waals surface area contributed by atoms with Crippen molar-refractivity contribution in [2.75, 3.05) is 7.11 Å².